The Labute approximate surface area is 177 Å². The van der Waals surface area contributed by atoms with Crippen LogP contribution < -0.4 is 5.73 Å². The van der Waals surface area contributed by atoms with E-state index >= 15 is 0 Å². The number of sulfone groups is 1. The first-order valence-electron chi connectivity index (χ1n) is 9.82. The first kappa shape index (κ1) is 20.2. The van der Waals surface area contributed by atoms with Crippen molar-refractivity contribution in [1.82, 2.24) is 4.90 Å². The van der Waals surface area contributed by atoms with E-state index < -0.39 is 9.84 Å². The van der Waals surface area contributed by atoms with Crippen LogP contribution in [0.15, 0.2) is 82.7 Å². The number of hydrogen-bond acceptors (Lipinski definition) is 5. The second-order valence-electron chi connectivity index (χ2n) is 7.72. The van der Waals surface area contributed by atoms with Gasteiger partial charge in [0, 0.05) is 32.0 Å². The highest BCUT2D eigenvalue weighted by molar-refractivity contribution is 7.90. The molecule has 1 unspecified atom stereocenters. The number of amidine groups is 1. The molecule has 0 radical (unpaired) electrons. The van der Waals surface area contributed by atoms with Gasteiger partial charge in [0.05, 0.1) is 4.90 Å². The minimum atomic E-state index is -3.29. The van der Waals surface area contributed by atoms with E-state index in [2.05, 4.69) is 41.3 Å². The van der Waals surface area contributed by atoms with E-state index in [1.54, 1.807) is 12.1 Å². The third kappa shape index (κ3) is 4.09. The van der Waals surface area contributed by atoms with E-state index in [-0.39, 0.29) is 10.9 Å². The third-order valence-corrected chi connectivity index (χ3v) is 6.60. The van der Waals surface area contributed by atoms with Gasteiger partial charge in [0.1, 0.15) is 11.9 Å². The zero-order valence-electron chi connectivity index (χ0n) is 17.1. The van der Waals surface area contributed by atoms with Crippen LogP contribution in [-0.4, -0.2) is 32.5 Å². The molecule has 0 aliphatic carbocycles. The summed E-state index contributed by atoms with van der Waals surface area (Å²) in [5.74, 6) is 0.916. The van der Waals surface area contributed by atoms with Crippen molar-refractivity contribution in [2.24, 2.45) is 4.99 Å². The van der Waals surface area contributed by atoms with E-state index in [1.165, 1.54) is 23.4 Å². The van der Waals surface area contributed by atoms with Crippen molar-refractivity contribution in [2.45, 2.75) is 23.9 Å². The lowest BCUT2D eigenvalue weighted by Gasteiger charge is -2.21. The zero-order valence-corrected chi connectivity index (χ0v) is 17.9. The van der Waals surface area contributed by atoms with Crippen molar-refractivity contribution >= 4 is 21.4 Å². The van der Waals surface area contributed by atoms with Crippen LogP contribution in [0.2, 0.25) is 0 Å². The first-order valence-corrected chi connectivity index (χ1v) is 11.7. The van der Waals surface area contributed by atoms with Crippen LogP contribution in [0.25, 0.3) is 0 Å². The van der Waals surface area contributed by atoms with Gasteiger partial charge in [0.2, 0.25) is 0 Å². The number of nitrogens with two attached hydrogens (primary N) is 1. The number of hydrogen-bond donors (Lipinski definition) is 1. The highest BCUT2D eigenvalue weighted by Crippen LogP contribution is 2.33. The van der Waals surface area contributed by atoms with Crippen LogP contribution in [0.3, 0.4) is 0 Å². The van der Waals surface area contributed by atoms with Crippen molar-refractivity contribution in [3.05, 3.63) is 95.1 Å². The van der Waals surface area contributed by atoms with Gasteiger partial charge in [-0.15, -0.1) is 0 Å². The highest BCUT2D eigenvalue weighted by Gasteiger charge is 2.24. The molecule has 0 saturated heterocycles. The van der Waals surface area contributed by atoms with Gasteiger partial charge in [-0.1, -0.05) is 60.7 Å². The minimum Gasteiger partial charge on any atom is -0.398 e. The SMILES string of the molecule is CN1Cc2ccccc2C(c2ccccc2)N=C1Cc1ccc(S(C)(=O)=O)cc1N. The summed E-state index contributed by atoms with van der Waals surface area (Å²) in [4.78, 5) is 7.52. The second-order valence-corrected chi connectivity index (χ2v) is 9.74. The van der Waals surface area contributed by atoms with E-state index in [1.807, 2.05) is 25.2 Å². The molecule has 0 spiro atoms. The molecule has 4 rings (SSSR count). The third-order valence-electron chi connectivity index (χ3n) is 5.49. The molecule has 30 heavy (non-hydrogen) atoms. The molecule has 3 aromatic rings. The lowest BCUT2D eigenvalue weighted by molar-refractivity contribution is 0.494. The van der Waals surface area contributed by atoms with Gasteiger partial charge in [-0.3, -0.25) is 4.99 Å². The van der Waals surface area contributed by atoms with Crippen LogP contribution in [0, 0.1) is 0 Å². The monoisotopic (exact) mass is 419 g/mol. The molecule has 5 nitrogen and oxygen atoms in total. The average Bonchev–Trinajstić information content (AvgIpc) is 2.86. The fourth-order valence-electron chi connectivity index (χ4n) is 3.81. The smallest absolute Gasteiger partial charge is 0.175 e. The van der Waals surface area contributed by atoms with Crippen LogP contribution in [0.5, 0.6) is 0 Å². The van der Waals surface area contributed by atoms with Gasteiger partial charge >= 0.3 is 0 Å². The van der Waals surface area contributed by atoms with Gasteiger partial charge in [-0.2, -0.15) is 0 Å². The predicted octanol–water partition coefficient (Wildman–Crippen LogP) is 3.85. The van der Waals surface area contributed by atoms with Crippen LogP contribution in [-0.2, 0) is 22.8 Å². The Balaban J connectivity index is 1.75. The van der Waals surface area contributed by atoms with Crippen LogP contribution in [0.1, 0.15) is 28.3 Å². The standard InChI is InChI=1S/C24H25N3O2S/c1-27-16-19-10-6-7-11-21(19)24(17-8-4-3-5-9-17)26-23(27)14-18-12-13-20(15-22(18)25)30(2,28)29/h3-13,15,24H,14,16,25H2,1-2H3. The summed E-state index contributed by atoms with van der Waals surface area (Å²) < 4.78 is 23.6. The number of likely N-dealkylation sites (N-methyl/N-ethyl adjacent to an activating group) is 1. The molecular weight excluding hydrogens is 394 g/mol. The van der Waals surface area contributed by atoms with Gasteiger partial charge in [0.25, 0.3) is 0 Å². The molecule has 0 fully saturated rings. The van der Waals surface area contributed by atoms with E-state index in [0.717, 1.165) is 23.5 Å². The summed E-state index contributed by atoms with van der Waals surface area (Å²) in [6.45, 7) is 0.750. The van der Waals surface area contributed by atoms with Crippen molar-refractivity contribution in [3.8, 4) is 0 Å². The molecule has 6 heteroatoms. The van der Waals surface area contributed by atoms with Gasteiger partial charge in [-0.25, -0.2) is 8.42 Å². The Morgan fingerprint density at radius 3 is 2.43 bits per heavy atom. The molecule has 1 aliphatic heterocycles. The highest BCUT2D eigenvalue weighted by atomic mass is 32.2. The van der Waals surface area contributed by atoms with Crippen LogP contribution in [0.4, 0.5) is 5.69 Å². The Morgan fingerprint density at radius 2 is 1.73 bits per heavy atom. The fourth-order valence-corrected chi connectivity index (χ4v) is 4.47. The molecule has 0 amide bonds. The molecule has 3 aromatic carbocycles. The molecule has 1 aliphatic rings. The Hall–Kier alpha value is -3.12. The van der Waals surface area contributed by atoms with Crippen molar-refractivity contribution in [1.29, 1.82) is 0 Å². The Bertz CT molecular complexity index is 1200. The number of aliphatic imine (C=N–C) groups is 1. The number of fused-ring (bicyclic) bond motifs is 1. The van der Waals surface area contributed by atoms with Crippen molar-refractivity contribution in [2.75, 3.05) is 19.0 Å². The maximum absolute atomic E-state index is 11.8. The molecule has 1 heterocycles. The number of benzene rings is 3. The van der Waals surface area contributed by atoms with E-state index in [9.17, 15) is 8.42 Å². The lowest BCUT2D eigenvalue weighted by atomic mass is 9.95. The maximum Gasteiger partial charge on any atom is 0.175 e. The zero-order chi connectivity index (χ0) is 21.3. The molecule has 0 bridgehead atoms. The van der Waals surface area contributed by atoms with Crippen molar-refractivity contribution < 1.29 is 8.42 Å². The molecule has 0 aromatic heterocycles. The summed E-state index contributed by atoms with van der Waals surface area (Å²) >= 11 is 0. The first-order chi connectivity index (χ1) is 14.3. The molecule has 1 atom stereocenters. The van der Waals surface area contributed by atoms with Crippen LogP contribution >= 0.6 is 0 Å². The summed E-state index contributed by atoms with van der Waals surface area (Å²) in [7, 11) is -1.26. The maximum atomic E-state index is 11.8. The Morgan fingerprint density at radius 1 is 1.03 bits per heavy atom. The number of anilines is 1. The number of nitrogens with zero attached hydrogens (tertiary/aromatic N) is 2. The largest absolute Gasteiger partial charge is 0.398 e. The van der Waals surface area contributed by atoms with Gasteiger partial charge < -0.3 is 10.6 Å². The van der Waals surface area contributed by atoms with E-state index in [0.29, 0.717) is 12.1 Å². The number of nitrogen functional groups attached to an aromatic ring is 1. The van der Waals surface area contributed by atoms with E-state index in [4.69, 9.17) is 10.7 Å². The fraction of sp³-hybridized carbons (Fsp3) is 0.208. The summed E-state index contributed by atoms with van der Waals surface area (Å²) in [5.41, 5.74) is 11.1. The average molecular weight is 420 g/mol. The topological polar surface area (TPSA) is 75.8 Å². The molecule has 0 saturated carbocycles. The van der Waals surface area contributed by atoms with Gasteiger partial charge in [-0.05, 0) is 34.4 Å². The number of rotatable bonds is 4. The molecule has 2 N–H and O–H groups in total. The summed E-state index contributed by atoms with van der Waals surface area (Å²) in [6.07, 6.45) is 1.72. The predicted molar refractivity (Wildman–Crippen MR) is 121 cm³/mol. The lowest BCUT2D eigenvalue weighted by Crippen LogP contribution is -2.27. The minimum absolute atomic E-state index is 0.0983. The molecule has 154 valence electrons. The normalized spacial score (nSPS) is 16.5. The van der Waals surface area contributed by atoms with Gasteiger partial charge in [0.15, 0.2) is 9.84 Å². The van der Waals surface area contributed by atoms with Crippen molar-refractivity contribution in [3.63, 3.8) is 0 Å². The Kier molecular flexibility index (Phi) is 5.35. The second kappa shape index (κ2) is 7.95. The summed E-state index contributed by atoms with van der Waals surface area (Å²) in [5, 5.41) is 0. The molecular formula is C24H25N3O2S. The summed E-state index contributed by atoms with van der Waals surface area (Å²) in [6, 6.07) is 23.5. The quantitative estimate of drug-likeness (QED) is 0.652.